The SMILES string of the molecule is CC(C)CCNCc1nc2sc3c(c2c(=O)[nH]1)CCCC3. The minimum Gasteiger partial charge on any atom is -0.310 e. The second kappa shape index (κ2) is 6.28. The molecule has 0 aromatic carbocycles. The van der Waals surface area contributed by atoms with Crippen LogP contribution in [-0.4, -0.2) is 16.5 Å². The maximum atomic E-state index is 12.4. The van der Waals surface area contributed by atoms with Gasteiger partial charge in [0.05, 0.1) is 11.9 Å². The van der Waals surface area contributed by atoms with Gasteiger partial charge in [-0.15, -0.1) is 11.3 Å². The molecule has 2 N–H and O–H groups in total. The molecule has 0 radical (unpaired) electrons. The van der Waals surface area contributed by atoms with Gasteiger partial charge in [0.15, 0.2) is 0 Å². The topological polar surface area (TPSA) is 57.8 Å². The van der Waals surface area contributed by atoms with Crippen molar-refractivity contribution < 1.29 is 0 Å². The number of thiophene rings is 1. The molecule has 21 heavy (non-hydrogen) atoms. The molecule has 2 heterocycles. The van der Waals surface area contributed by atoms with Crippen LogP contribution in [0.1, 0.15) is 49.4 Å². The standard InChI is InChI=1S/C16H23N3OS/c1-10(2)7-8-17-9-13-18-15(20)14-11-5-3-4-6-12(11)21-16(14)19-13/h10,17H,3-9H2,1-2H3,(H,18,19,20). The molecule has 0 saturated carbocycles. The van der Waals surface area contributed by atoms with Crippen LogP contribution < -0.4 is 10.9 Å². The van der Waals surface area contributed by atoms with E-state index in [0.29, 0.717) is 12.5 Å². The predicted octanol–water partition coefficient (Wildman–Crippen LogP) is 3.00. The van der Waals surface area contributed by atoms with Crippen molar-refractivity contribution in [2.75, 3.05) is 6.54 Å². The third kappa shape index (κ3) is 3.19. The summed E-state index contributed by atoms with van der Waals surface area (Å²) in [5.74, 6) is 1.45. The fraction of sp³-hybridized carbons (Fsp3) is 0.625. The van der Waals surface area contributed by atoms with E-state index in [9.17, 15) is 4.79 Å². The van der Waals surface area contributed by atoms with Crippen molar-refractivity contribution in [3.63, 3.8) is 0 Å². The first-order valence-electron chi connectivity index (χ1n) is 7.89. The second-order valence-electron chi connectivity index (χ2n) is 6.26. The Hall–Kier alpha value is -1.20. The van der Waals surface area contributed by atoms with Crippen molar-refractivity contribution in [1.29, 1.82) is 0 Å². The van der Waals surface area contributed by atoms with Crippen LogP contribution in [0.15, 0.2) is 4.79 Å². The van der Waals surface area contributed by atoms with Gasteiger partial charge in [-0.25, -0.2) is 4.98 Å². The summed E-state index contributed by atoms with van der Waals surface area (Å²) in [6, 6.07) is 0. The Bertz CT molecular complexity index is 687. The molecule has 0 saturated heterocycles. The van der Waals surface area contributed by atoms with Crippen LogP contribution >= 0.6 is 11.3 Å². The van der Waals surface area contributed by atoms with E-state index < -0.39 is 0 Å². The Labute approximate surface area is 129 Å². The third-order valence-electron chi connectivity index (χ3n) is 4.07. The van der Waals surface area contributed by atoms with E-state index in [2.05, 4.69) is 29.1 Å². The summed E-state index contributed by atoms with van der Waals surface area (Å²) < 4.78 is 0. The molecule has 1 aliphatic rings. The number of hydrogen-bond donors (Lipinski definition) is 2. The minimum atomic E-state index is 0.0417. The van der Waals surface area contributed by atoms with Gasteiger partial charge in [0.25, 0.3) is 5.56 Å². The predicted molar refractivity (Wildman–Crippen MR) is 88.0 cm³/mol. The van der Waals surface area contributed by atoms with Crippen molar-refractivity contribution in [2.24, 2.45) is 5.92 Å². The van der Waals surface area contributed by atoms with Gasteiger partial charge in [-0.3, -0.25) is 4.79 Å². The molecule has 0 fully saturated rings. The summed E-state index contributed by atoms with van der Waals surface area (Å²) >= 11 is 1.71. The summed E-state index contributed by atoms with van der Waals surface area (Å²) in [5, 5.41) is 4.21. The number of nitrogens with one attached hydrogen (secondary N) is 2. The van der Waals surface area contributed by atoms with Crippen molar-refractivity contribution in [1.82, 2.24) is 15.3 Å². The van der Waals surface area contributed by atoms with Crippen LogP contribution in [0.25, 0.3) is 10.2 Å². The van der Waals surface area contributed by atoms with Crippen LogP contribution in [0.4, 0.5) is 0 Å². The molecular formula is C16H23N3OS. The first kappa shape index (κ1) is 14.7. The van der Waals surface area contributed by atoms with Crippen LogP contribution in [0, 0.1) is 5.92 Å². The van der Waals surface area contributed by atoms with E-state index in [-0.39, 0.29) is 5.56 Å². The summed E-state index contributed by atoms with van der Waals surface area (Å²) in [6.45, 7) is 6.02. The molecule has 0 atom stereocenters. The molecule has 2 aromatic heterocycles. The van der Waals surface area contributed by atoms with Crippen molar-refractivity contribution in [3.05, 3.63) is 26.6 Å². The Morgan fingerprint density at radius 3 is 2.95 bits per heavy atom. The van der Waals surface area contributed by atoms with Crippen molar-refractivity contribution in [2.45, 2.75) is 52.5 Å². The average Bonchev–Trinajstić information content (AvgIpc) is 2.82. The number of nitrogens with zero attached hydrogens (tertiary/aromatic N) is 1. The van der Waals surface area contributed by atoms with E-state index in [0.717, 1.165) is 41.8 Å². The van der Waals surface area contributed by atoms with E-state index >= 15 is 0 Å². The highest BCUT2D eigenvalue weighted by Gasteiger charge is 2.19. The fourth-order valence-electron chi connectivity index (χ4n) is 2.89. The van der Waals surface area contributed by atoms with Gasteiger partial charge >= 0.3 is 0 Å². The molecule has 0 bridgehead atoms. The quantitative estimate of drug-likeness (QED) is 0.835. The lowest BCUT2D eigenvalue weighted by Gasteiger charge is -2.09. The highest BCUT2D eigenvalue weighted by molar-refractivity contribution is 7.18. The number of rotatable bonds is 5. The largest absolute Gasteiger partial charge is 0.310 e. The van der Waals surface area contributed by atoms with E-state index in [1.54, 1.807) is 11.3 Å². The number of hydrogen-bond acceptors (Lipinski definition) is 4. The van der Waals surface area contributed by atoms with Gasteiger partial charge in [0, 0.05) is 4.88 Å². The lowest BCUT2D eigenvalue weighted by atomic mass is 9.97. The smallest absolute Gasteiger partial charge is 0.259 e. The van der Waals surface area contributed by atoms with Crippen molar-refractivity contribution >= 4 is 21.6 Å². The first-order valence-corrected chi connectivity index (χ1v) is 8.71. The van der Waals surface area contributed by atoms with Gasteiger partial charge < -0.3 is 10.3 Å². The van der Waals surface area contributed by atoms with Crippen LogP contribution in [0.3, 0.4) is 0 Å². The van der Waals surface area contributed by atoms with Crippen molar-refractivity contribution in [3.8, 4) is 0 Å². The Balaban J connectivity index is 1.81. The maximum Gasteiger partial charge on any atom is 0.259 e. The van der Waals surface area contributed by atoms with Crippen LogP contribution in [0.2, 0.25) is 0 Å². The van der Waals surface area contributed by atoms with Gasteiger partial charge in [-0.2, -0.15) is 0 Å². The van der Waals surface area contributed by atoms with E-state index in [4.69, 9.17) is 0 Å². The van der Waals surface area contributed by atoms with Gasteiger partial charge in [0.1, 0.15) is 10.7 Å². The monoisotopic (exact) mass is 305 g/mol. The fourth-order valence-corrected chi connectivity index (χ4v) is 4.17. The zero-order valence-electron chi connectivity index (χ0n) is 12.8. The number of aromatic amines is 1. The molecule has 0 aliphatic heterocycles. The number of fused-ring (bicyclic) bond motifs is 3. The molecule has 114 valence electrons. The van der Waals surface area contributed by atoms with E-state index in [1.807, 2.05) is 0 Å². The Kier molecular flexibility index (Phi) is 4.40. The molecule has 4 nitrogen and oxygen atoms in total. The second-order valence-corrected chi connectivity index (χ2v) is 7.35. The Morgan fingerprint density at radius 1 is 1.33 bits per heavy atom. The molecule has 0 unspecified atom stereocenters. The van der Waals surface area contributed by atoms with Gasteiger partial charge in [0.2, 0.25) is 0 Å². The highest BCUT2D eigenvalue weighted by atomic mass is 32.1. The average molecular weight is 305 g/mol. The number of H-pyrrole nitrogens is 1. The summed E-state index contributed by atoms with van der Waals surface area (Å²) in [5.41, 5.74) is 1.30. The lowest BCUT2D eigenvalue weighted by molar-refractivity contribution is 0.532. The zero-order chi connectivity index (χ0) is 14.8. The molecule has 0 amide bonds. The summed E-state index contributed by atoms with van der Waals surface area (Å²) in [6.07, 6.45) is 5.71. The molecule has 1 aliphatic carbocycles. The number of aryl methyl sites for hydroxylation is 2. The maximum absolute atomic E-state index is 12.4. The zero-order valence-corrected chi connectivity index (χ0v) is 13.6. The van der Waals surface area contributed by atoms with Gasteiger partial charge in [-0.1, -0.05) is 13.8 Å². The number of aromatic nitrogens is 2. The van der Waals surface area contributed by atoms with Gasteiger partial charge in [-0.05, 0) is 50.1 Å². The first-order chi connectivity index (χ1) is 10.1. The van der Waals surface area contributed by atoms with E-state index in [1.165, 1.54) is 23.3 Å². The highest BCUT2D eigenvalue weighted by Crippen LogP contribution is 2.33. The molecular weight excluding hydrogens is 282 g/mol. The molecule has 2 aromatic rings. The Morgan fingerprint density at radius 2 is 2.14 bits per heavy atom. The van der Waals surface area contributed by atoms with Crippen LogP contribution in [-0.2, 0) is 19.4 Å². The molecule has 0 spiro atoms. The summed E-state index contributed by atoms with van der Waals surface area (Å²) in [4.78, 5) is 22.3. The summed E-state index contributed by atoms with van der Waals surface area (Å²) in [7, 11) is 0. The molecule has 5 heteroatoms. The minimum absolute atomic E-state index is 0.0417. The third-order valence-corrected chi connectivity index (χ3v) is 5.25. The molecule has 3 rings (SSSR count). The van der Waals surface area contributed by atoms with Crippen LogP contribution in [0.5, 0.6) is 0 Å². The lowest BCUT2D eigenvalue weighted by Crippen LogP contribution is -2.21. The normalized spacial score (nSPS) is 14.8.